The summed E-state index contributed by atoms with van der Waals surface area (Å²) in [5.41, 5.74) is 0. The van der Waals surface area contributed by atoms with Gasteiger partial charge in [0.15, 0.2) is 0 Å². The van der Waals surface area contributed by atoms with Gasteiger partial charge in [0.1, 0.15) is 0 Å². The van der Waals surface area contributed by atoms with Crippen molar-refractivity contribution in [3.63, 3.8) is 0 Å². The van der Waals surface area contributed by atoms with Crippen molar-refractivity contribution in [2.24, 2.45) is 0 Å². The molecular formula is C6H6Cl2OPPd. The maximum atomic E-state index is 11.3. The first-order chi connectivity index (χ1) is 5.22. The average molecular weight is 302 g/mol. The zero-order valence-electron chi connectivity index (χ0n) is 5.37. The third kappa shape index (κ3) is 2.90. The Kier molecular flexibility index (Phi) is 4.14. The van der Waals surface area contributed by atoms with E-state index in [1.807, 2.05) is 18.2 Å². The van der Waals surface area contributed by atoms with Crippen LogP contribution in [0.4, 0.5) is 0 Å². The van der Waals surface area contributed by atoms with Gasteiger partial charge in [-0.25, -0.2) is 0 Å². The average Bonchev–Trinajstić information content (AvgIpc) is 2.05. The monoisotopic (exact) mass is 301 g/mol. The van der Waals surface area contributed by atoms with Gasteiger partial charge in [-0.2, -0.15) is 0 Å². The molecule has 5 heteroatoms. The quantitative estimate of drug-likeness (QED) is 0.606. The summed E-state index contributed by atoms with van der Waals surface area (Å²) in [6.07, 6.45) is 0. The molecule has 0 heterocycles. The van der Waals surface area contributed by atoms with E-state index < -0.39 is 20.2 Å². The van der Waals surface area contributed by atoms with E-state index in [2.05, 4.69) is 0 Å². The van der Waals surface area contributed by atoms with E-state index in [0.717, 1.165) is 5.30 Å². The van der Waals surface area contributed by atoms with Crippen LogP contribution in [0.2, 0.25) is 0 Å². The first-order valence-corrected chi connectivity index (χ1v) is 10.3. The molecule has 0 aliphatic heterocycles. The molecule has 0 aliphatic rings. The van der Waals surface area contributed by atoms with Gasteiger partial charge in [0.25, 0.3) is 0 Å². The Hall–Kier alpha value is 0.692. The van der Waals surface area contributed by atoms with Crippen LogP contribution in [-0.2, 0) is 18.8 Å². The zero-order chi connectivity index (χ0) is 8.27. The fourth-order valence-corrected chi connectivity index (χ4v) is 5.44. The van der Waals surface area contributed by atoms with Crippen molar-refractivity contribution in [3.05, 3.63) is 30.3 Å². The van der Waals surface area contributed by atoms with Crippen LogP contribution in [0.3, 0.4) is 0 Å². The van der Waals surface area contributed by atoms with Crippen molar-refractivity contribution >= 4 is 30.4 Å². The van der Waals surface area contributed by atoms with Crippen LogP contribution in [0.15, 0.2) is 30.3 Å². The molecule has 1 nitrogen and oxygen atoms in total. The third-order valence-corrected chi connectivity index (χ3v) is 8.86. The standard InChI is InChI=1S/C6H5OP.2ClH.Pd/c7-8-6-4-2-1-3-5-6;;;/h1-5H;2*1H;/q;;;+1/p-1. The topological polar surface area (TPSA) is 17.1 Å². The molecule has 0 spiro atoms. The van der Waals surface area contributed by atoms with Crippen molar-refractivity contribution in [1.29, 1.82) is 0 Å². The summed E-state index contributed by atoms with van der Waals surface area (Å²) in [6.45, 7) is 0. The second kappa shape index (κ2) is 4.65. The molecule has 0 N–H and O–H groups in total. The van der Waals surface area contributed by atoms with Crippen molar-refractivity contribution in [2.45, 2.75) is 0 Å². The normalized spacial score (nSPS) is 14.2. The molecule has 0 amide bonds. The molecule has 1 aromatic carbocycles. The van der Waals surface area contributed by atoms with Gasteiger partial charge in [0, 0.05) is 0 Å². The van der Waals surface area contributed by atoms with E-state index in [0.29, 0.717) is 0 Å². The Labute approximate surface area is 79.2 Å². The molecule has 0 fully saturated rings. The molecule has 0 saturated heterocycles. The SMILES string of the molecule is O=[PH](c1ccccc1)[Pd]([Cl])[Cl]. The molecule has 0 aromatic heterocycles. The summed E-state index contributed by atoms with van der Waals surface area (Å²) in [4.78, 5) is 0. The van der Waals surface area contributed by atoms with Crippen molar-refractivity contribution < 1.29 is 18.8 Å². The predicted molar refractivity (Wildman–Crippen MR) is 46.8 cm³/mol. The molecule has 1 rings (SSSR count). The molecule has 0 aliphatic carbocycles. The Bertz CT molecular complexity index is 252. The summed E-state index contributed by atoms with van der Waals surface area (Å²) in [7, 11) is 11.2. The van der Waals surface area contributed by atoms with Crippen molar-refractivity contribution in [2.75, 3.05) is 0 Å². The van der Waals surface area contributed by atoms with Crippen LogP contribution in [0.5, 0.6) is 0 Å². The fourth-order valence-electron chi connectivity index (χ4n) is 0.628. The summed E-state index contributed by atoms with van der Waals surface area (Å²) in [5.74, 6) is -1.89. The van der Waals surface area contributed by atoms with Crippen LogP contribution >= 0.6 is 25.0 Å². The second-order valence-electron chi connectivity index (χ2n) is 1.78. The number of halogens is 2. The minimum absolute atomic E-state index is 0.781. The Morgan fingerprint density at radius 2 is 1.73 bits per heavy atom. The van der Waals surface area contributed by atoms with Crippen LogP contribution < -0.4 is 5.30 Å². The Morgan fingerprint density at radius 1 is 1.18 bits per heavy atom. The Balaban J connectivity index is 2.86. The van der Waals surface area contributed by atoms with Crippen LogP contribution in [-0.4, -0.2) is 0 Å². The molecule has 0 radical (unpaired) electrons. The molecule has 11 heavy (non-hydrogen) atoms. The summed E-state index contributed by atoms with van der Waals surface area (Å²) in [5, 5.41) is 0.781. The number of hydrogen-bond donors (Lipinski definition) is 0. The predicted octanol–water partition coefficient (Wildman–Crippen LogP) is 2.71. The first-order valence-electron chi connectivity index (χ1n) is 2.76. The molecule has 1 aromatic rings. The van der Waals surface area contributed by atoms with Gasteiger partial charge >= 0.3 is 79.5 Å². The fraction of sp³-hybridized carbons (Fsp3) is 0. The molecular weight excluding hydrogens is 296 g/mol. The number of rotatable bonds is 2. The summed E-state index contributed by atoms with van der Waals surface area (Å²) < 4.78 is 11.3. The van der Waals surface area contributed by atoms with Gasteiger partial charge in [0.2, 0.25) is 0 Å². The molecule has 1 unspecified atom stereocenters. The molecule has 0 bridgehead atoms. The van der Waals surface area contributed by atoms with E-state index in [1.165, 1.54) is 0 Å². The van der Waals surface area contributed by atoms with Gasteiger partial charge in [0.05, 0.1) is 0 Å². The van der Waals surface area contributed by atoms with E-state index in [-0.39, 0.29) is 0 Å². The molecule has 1 atom stereocenters. The molecule has 65 valence electrons. The zero-order valence-corrected chi connectivity index (χ0v) is 9.43. The van der Waals surface area contributed by atoms with Gasteiger partial charge < -0.3 is 0 Å². The second-order valence-corrected chi connectivity index (χ2v) is 13.6. The first kappa shape index (κ1) is 9.78. The Morgan fingerprint density at radius 3 is 2.18 bits per heavy atom. The summed E-state index contributed by atoms with van der Waals surface area (Å²) in [6, 6.07) is 9.12. The summed E-state index contributed by atoms with van der Waals surface area (Å²) >= 11 is -1.80. The van der Waals surface area contributed by atoms with E-state index >= 15 is 0 Å². The minimum atomic E-state index is -1.89. The van der Waals surface area contributed by atoms with Gasteiger partial charge in [-0.3, -0.25) is 0 Å². The van der Waals surface area contributed by atoms with Crippen LogP contribution in [0.1, 0.15) is 0 Å². The maximum absolute atomic E-state index is 11.3. The van der Waals surface area contributed by atoms with Crippen molar-refractivity contribution in [1.82, 2.24) is 0 Å². The molecule has 0 saturated carbocycles. The van der Waals surface area contributed by atoms with Gasteiger partial charge in [-0.15, -0.1) is 0 Å². The van der Waals surface area contributed by atoms with Crippen LogP contribution in [0.25, 0.3) is 0 Å². The van der Waals surface area contributed by atoms with E-state index in [9.17, 15) is 4.57 Å². The van der Waals surface area contributed by atoms with Gasteiger partial charge in [-0.05, 0) is 0 Å². The number of benzene rings is 1. The van der Waals surface area contributed by atoms with Gasteiger partial charge in [-0.1, -0.05) is 0 Å². The van der Waals surface area contributed by atoms with E-state index in [4.69, 9.17) is 19.1 Å². The van der Waals surface area contributed by atoms with Crippen LogP contribution in [0, 0.1) is 0 Å². The number of hydrogen-bond acceptors (Lipinski definition) is 1. The third-order valence-electron chi connectivity index (χ3n) is 1.09. The van der Waals surface area contributed by atoms with Crippen molar-refractivity contribution in [3.8, 4) is 0 Å². The van der Waals surface area contributed by atoms with E-state index in [1.54, 1.807) is 12.1 Å².